The van der Waals surface area contributed by atoms with Crippen molar-refractivity contribution in [1.82, 2.24) is 9.97 Å². The van der Waals surface area contributed by atoms with Gasteiger partial charge in [0, 0.05) is 12.4 Å². The first kappa shape index (κ1) is 16.7. The Morgan fingerprint density at radius 3 is 1.18 bits per heavy atom. The molecule has 0 aliphatic heterocycles. The van der Waals surface area contributed by atoms with Gasteiger partial charge in [0.1, 0.15) is 0 Å². The number of pyridine rings is 2. The average molecular weight is 296 g/mol. The van der Waals surface area contributed by atoms with Crippen LogP contribution < -0.4 is 0 Å². The molecule has 2 nitrogen and oxygen atoms in total. The van der Waals surface area contributed by atoms with E-state index in [-0.39, 0.29) is 10.8 Å². The number of aryl methyl sites for hydroxylation is 2. The van der Waals surface area contributed by atoms with Crippen LogP contribution in [0.4, 0.5) is 0 Å². The van der Waals surface area contributed by atoms with Crippen molar-refractivity contribution in [2.75, 3.05) is 0 Å². The fraction of sp³-hybridized carbons (Fsp3) is 0.500. The maximum Gasteiger partial charge on any atom is 0.0918 e. The van der Waals surface area contributed by atoms with E-state index in [4.69, 9.17) is 9.97 Å². The van der Waals surface area contributed by atoms with Gasteiger partial charge in [0.05, 0.1) is 11.4 Å². The minimum Gasteiger partial charge on any atom is -0.254 e. The smallest absolute Gasteiger partial charge is 0.0918 e. The third-order valence-corrected chi connectivity index (χ3v) is 4.11. The molecule has 0 radical (unpaired) electrons. The third-order valence-electron chi connectivity index (χ3n) is 4.11. The van der Waals surface area contributed by atoms with Crippen molar-refractivity contribution in [3.8, 4) is 11.4 Å². The highest BCUT2D eigenvalue weighted by Gasteiger charge is 2.19. The summed E-state index contributed by atoms with van der Waals surface area (Å²) in [6.07, 6.45) is 3.97. The molecular weight excluding hydrogens is 268 g/mol. The van der Waals surface area contributed by atoms with Crippen LogP contribution in [0.25, 0.3) is 11.4 Å². The summed E-state index contributed by atoms with van der Waals surface area (Å²) in [5, 5.41) is 0. The summed E-state index contributed by atoms with van der Waals surface area (Å²) < 4.78 is 0. The van der Waals surface area contributed by atoms with E-state index >= 15 is 0 Å². The van der Waals surface area contributed by atoms with Gasteiger partial charge in [0.2, 0.25) is 0 Å². The first-order chi connectivity index (χ1) is 10.00. The molecule has 2 aromatic rings. The van der Waals surface area contributed by atoms with Crippen molar-refractivity contribution in [2.45, 2.75) is 66.2 Å². The molecule has 0 aromatic carbocycles. The molecule has 0 saturated heterocycles. The molecule has 0 fully saturated rings. The SMILES string of the molecule is Cc1cc(C(C)(C)C)cnc1-c1ncc(C(C)(C)C)cc1C. The molecule has 2 heterocycles. The van der Waals surface area contributed by atoms with Crippen LogP contribution in [0.1, 0.15) is 63.8 Å². The van der Waals surface area contributed by atoms with Gasteiger partial charge in [-0.1, -0.05) is 53.7 Å². The summed E-state index contributed by atoms with van der Waals surface area (Å²) in [4.78, 5) is 9.41. The summed E-state index contributed by atoms with van der Waals surface area (Å²) in [6, 6.07) is 4.47. The van der Waals surface area contributed by atoms with Gasteiger partial charge in [-0.05, 0) is 46.9 Å². The van der Waals surface area contributed by atoms with Gasteiger partial charge in [-0.3, -0.25) is 9.97 Å². The lowest BCUT2D eigenvalue weighted by Gasteiger charge is -2.21. The van der Waals surface area contributed by atoms with Gasteiger partial charge in [-0.25, -0.2) is 0 Å². The molecular formula is C20H28N2. The van der Waals surface area contributed by atoms with Crippen molar-refractivity contribution in [3.05, 3.63) is 46.8 Å². The van der Waals surface area contributed by atoms with Crippen LogP contribution in [0.5, 0.6) is 0 Å². The molecule has 0 atom stereocenters. The predicted molar refractivity (Wildman–Crippen MR) is 94.3 cm³/mol. The van der Waals surface area contributed by atoms with E-state index in [2.05, 4.69) is 67.5 Å². The van der Waals surface area contributed by atoms with E-state index in [1.54, 1.807) is 0 Å². The first-order valence-electron chi connectivity index (χ1n) is 7.95. The van der Waals surface area contributed by atoms with E-state index in [0.29, 0.717) is 0 Å². The lowest BCUT2D eigenvalue weighted by atomic mass is 9.86. The van der Waals surface area contributed by atoms with Crippen molar-refractivity contribution in [1.29, 1.82) is 0 Å². The van der Waals surface area contributed by atoms with Gasteiger partial charge in [-0.2, -0.15) is 0 Å². The number of rotatable bonds is 1. The Bertz CT molecular complexity index is 624. The van der Waals surface area contributed by atoms with Gasteiger partial charge in [-0.15, -0.1) is 0 Å². The second-order valence-electron chi connectivity index (χ2n) is 8.28. The summed E-state index contributed by atoms with van der Waals surface area (Å²) in [5.74, 6) is 0. The average Bonchev–Trinajstić information content (AvgIpc) is 2.37. The van der Waals surface area contributed by atoms with Crippen LogP contribution in [-0.4, -0.2) is 9.97 Å². The Hall–Kier alpha value is -1.70. The van der Waals surface area contributed by atoms with Crippen molar-refractivity contribution in [2.24, 2.45) is 0 Å². The number of aromatic nitrogens is 2. The van der Waals surface area contributed by atoms with E-state index in [1.807, 2.05) is 12.4 Å². The van der Waals surface area contributed by atoms with Gasteiger partial charge in [0.15, 0.2) is 0 Å². The molecule has 0 spiro atoms. The van der Waals surface area contributed by atoms with E-state index < -0.39 is 0 Å². The molecule has 2 heteroatoms. The molecule has 0 saturated carbocycles. The van der Waals surface area contributed by atoms with Gasteiger partial charge in [0.25, 0.3) is 0 Å². The molecule has 0 unspecified atom stereocenters. The fourth-order valence-electron chi connectivity index (χ4n) is 2.47. The zero-order valence-electron chi connectivity index (χ0n) is 15.2. The zero-order valence-corrected chi connectivity index (χ0v) is 15.2. The maximum atomic E-state index is 4.71. The second kappa shape index (κ2) is 5.49. The molecule has 0 bridgehead atoms. The molecule has 2 aromatic heterocycles. The van der Waals surface area contributed by atoms with Crippen LogP contribution in [0.2, 0.25) is 0 Å². The lowest BCUT2D eigenvalue weighted by molar-refractivity contribution is 0.586. The minimum absolute atomic E-state index is 0.120. The number of hydrogen-bond donors (Lipinski definition) is 0. The van der Waals surface area contributed by atoms with Gasteiger partial charge < -0.3 is 0 Å². The summed E-state index contributed by atoms with van der Waals surface area (Å²) >= 11 is 0. The molecule has 22 heavy (non-hydrogen) atoms. The number of nitrogens with zero attached hydrogens (tertiary/aromatic N) is 2. The highest BCUT2D eigenvalue weighted by molar-refractivity contribution is 5.63. The Morgan fingerprint density at radius 1 is 0.636 bits per heavy atom. The highest BCUT2D eigenvalue weighted by atomic mass is 14.8. The molecule has 2 rings (SSSR count). The largest absolute Gasteiger partial charge is 0.254 e. The Balaban J connectivity index is 2.49. The predicted octanol–water partition coefficient (Wildman–Crippen LogP) is 5.36. The summed E-state index contributed by atoms with van der Waals surface area (Å²) in [6.45, 7) is 17.5. The van der Waals surface area contributed by atoms with Crippen molar-refractivity contribution < 1.29 is 0 Å². The number of hydrogen-bond acceptors (Lipinski definition) is 2. The van der Waals surface area contributed by atoms with Crippen LogP contribution in [0.3, 0.4) is 0 Å². The van der Waals surface area contributed by atoms with Crippen LogP contribution in [-0.2, 0) is 10.8 Å². The molecule has 0 amide bonds. The quantitative estimate of drug-likeness (QED) is 0.708. The fourth-order valence-corrected chi connectivity index (χ4v) is 2.47. The Kier molecular flexibility index (Phi) is 4.16. The second-order valence-corrected chi connectivity index (χ2v) is 8.28. The lowest BCUT2D eigenvalue weighted by Crippen LogP contribution is -2.13. The van der Waals surface area contributed by atoms with Crippen molar-refractivity contribution >= 4 is 0 Å². The van der Waals surface area contributed by atoms with Crippen LogP contribution >= 0.6 is 0 Å². The molecule has 0 N–H and O–H groups in total. The maximum absolute atomic E-state index is 4.71. The van der Waals surface area contributed by atoms with E-state index in [0.717, 1.165) is 11.4 Å². The van der Waals surface area contributed by atoms with Crippen LogP contribution in [0.15, 0.2) is 24.5 Å². The first-order valence-corrected chi connectivity index (χ1v) is 7.95. The molecule has 118 valence electrons. The zero-order chi connectivity index (χ0) is 16.7. The normalized spacial score (nSPS) is 12.5. The standard InChI is InChI=1S/C20H28N2/c1-13-9-15(19(3,4)5)11-21-17(13)18-14(2)10-16(12-22-18)20(6,7)8/h9-12H,1-8H3. The monoisotopic (exact) mass is 296 g/mol. The third kappa shape index (κ3) is 3.37. The minimum atomic E-state index is 0.120. The topological polar surface area (TPSA) is 25.8 Å². The van der Waals surface area contributed by atoms with Crippen LogP contribution in [0, 0.1) is 13.8 Å². The highest BCUT2D eigenvalue weighted by Crippen LogP contribution is 2.30. The van der Waals surface area contributed by atoms with Gasteiger partial charge >= 0.3 is 0 Å². The molecule has 0 aliphatic carbocycles. The summed E-state index contributed by atoms with van der Waals surface area (Å²) in [7, 11) is 0. The Labute approximate surface area is 135 Å². The van der Waals surface area contributed by atoms with E-state index in [1.165, 1.54) is 22.3 Å². The van der Waals surface area contributed by atoms with E-state index in [9.17, 15) is 0 Å². The molecule has 0 aliphatic rings. The Morgan fingerprint density at radius 2 is 0.955 bits per heavy atom. The van der Waals surface area contributed by atoms with Crippen molar-refractivity contribution in [3.63, 3.8) is 0 Å². The summed E-state index contributed by atoms with van der Waals surface area (Å²) in [5.41, 5.74) is 7.12.